The van der Waals surface area contributed by atoms with Crippen molar-refractivity contribution >= 4 is 57.2 Å². The van der Waals surface area contributed by atoms with E-state index in [1.165, 1.54) is 0 Å². The highest BCUT2D eigenvalue weighted by atomic mass is 127. The van der Waals surface area contributed by atoms with E-state index in [-0.39, 0.29) is 6.61 Å². The summed E-state index contributed by atoms with van der Waals surface area (Å²) >= 11 is 4.08. The highest BCUT2D eigenvalue weighted by Crippen LogP contribution is 2.26. The van der Waals surface area contributed by atoms with Gasteiger partial charge in [0.05, 0.1) is 0 Å². The molecular weight excluding hydrogens is 524 g/mol. The summed E-state index contributed by atoms with van der Waals surface area (Å²) in [6, 6.07) is 9.36. The van der Waals surface area contributed by atoms with Gasteiger partial charge in [0, 0.05) is 4.43 Å². The molecule has 1 N–H and O–H groups in total. The van der Waals surface area contributed by atoms with Crippen molar-refractivity contribution in [3.05, 3.63) is 35.9 Å². The number of carbonyl (C=O) groups excluding carboxylic acids is 2. The third kappa shape index (κ3) is 7.69. The molecule has 0 unspecified atom stereocenters. The van der Waals surface area contributed by atoms with Crippen LogP contribution < -0.4 is 5.32 Å². The summed E-state index contributed by atoms with van der Waals surface area (Å²) in [7, 11) is 0. The third-order valence-electron chi connectivity index (χ3n) is 2.67. The lowest BCUT2D eigenvalue weighted by molar-refractivity contribution is -0.158. The van der Waals surface area contributed by atoms with Crippen molar-refractivity contribution in [1.29, 1.82) is 0 Å². The predicted molar refractivity (Wildman–Crippen MR) is 106 cm³/mol. The number of benzene rings is 1. The van der Waals surface area contributed by atoms with Gasteiger partial charge in [-0.25, -0.2) is 9.59 Å². The van der Waals surface area contributed by atoms with Gasteiger partial charge in [-0.05, 0) is 55.3 Å². The van der Waals surface area contributed by atoms with Gasteiger partial charge in [0.25, 0.3) is 0 Å². The number of halogens is 2. The quantitative estimate of drug-likeness (QED) is 0.252. The molecule has 5 nitrogen and oxygen atoms in total. The van der Waals surface area contributed by atoms with Crippen molar-refractivity contribution in [1.82, 2.24) is 5.32 Å². The zero-order chi connectivity index (χ0) is 17.5. The molecule has 0 heterocycles. The van der Waals surface area contributed by atoms with E-state index in [9.17, 15) is 9.59 Å². The van der Waals surface area contributed by atoms with Crippen LogP contribution in [0, 0.1) is 0 Å². The number of alkyl carbamates (subject to hydrolysis) is 1. The topological polar surface area (TPSA) is 64.6 Å². The van der Waals surface area contributed by atoms with Crippen molar-refractivity contribution in [2.75, 3.05) is 4.43 Å². The molecule has 1 amide bonds. The zero-order valence-electron chi connectivity index (χ0n) is 13.4. The number of hydrogen-bond donors (Lipinski definition) is 1. The molecule has 23 heavy (non-hydrogen) atoms. The molecule has 1 rings (SSSR count). The Labute approximate surface area is 164 Å². The number of rotatable bonds is 6. The van der Waals surface area contributed by atoms with Gasteiger partial charge in [0.15, 0.2) is 3.55 Å². The number of hydrogen-bond acceptors (Lipinski definition) is 4. The minimum absolute atomic E-state index is 0.151. The van der Waals surface area contributed by atoms with Gasteiger partial charge >= 0.3 is 12.1 Å². The number of nitrogens with one attached hydrogen (secondary N) is 1. The zero-order valence-corrected chi connectivity index (χ0v) is 17.7. The van der Waals surface area contributed by atoms with Crippen molar-refractivity contribution in [3.8, 4) is 0 Å². The van der Waals surface area contributed by atoms with Gasteiger partial charge in [-0.15, -0.1) is 0 Å². The van der Waals surface area contributed by atoms with Crippen LogP contribution in [0.15, 0.2) is 30.3 Å². The van der Waals surface area contributed by atoms with E-state index >= 15 is 0 Å². The number of ether oxygens (including phenoxy) is 2. The Morgan fingerprint density at radius 3 is 2.30 bits per heavy atom. The van der Waals surface area contributed by atoms with Crippen molar-refractivity contribution in [3.63, 3.8) is 0 Å². The lowest BCUT2D eigenvalue weighted by atomic mass is 10.1. The first-order valence-corrected chi connectivity index (χ1v) is 9.74. The van der Waals surface area contributed by atoms with Gasteiger partial charge in [-0.2, -0.15) is 0 Å². The van der Waals surface area contributed by atoms with Crippen LogP contribution >= 0.6 is 45.2 Å². The number of esters is 1. The molecule has 1 atom stereocenters. The van der Waals surface area contributed by atoms with E-state index in [1.54, 1.807) is 20.8 Å². The van der Waals surface area contributed by atoms with Gasteiger partial charge in [-0.1, -0.05) is 52.9 Å². The first-order valence-electron chi connectivity index (χ1n) is 7.13. The highest BCUT2D eigenvalue weighted by molar-refractivity contribution is 14.1. The summed E-state index contributed by atoms with van der Waals surface area (Å²) in [4.78, 5) is 24.4. The Morgan fingerprint density at radius 1 is 1.17 bits per heavy atom. The van der Waals surface area contributed by atoms with Gasteiger partial charge in [0.1, 0.15) is 12.2 Å². The van der Waals surface area contributed by atoms with Crippen LogP contribution in [0.25, 0.3) is 0 Å². The fourth-order valence-electron chi connectivity index (χ4n) is 1.63. The van der Waals surface area contributed by atoms with E-state index in [4.69, 9.17) is 9.47 Å². The lowest BCUT2D eigenvalue weighted by Gasteiger charge is -2.30. The molecule has 7 heteroatoms. The minimum Gasteiger partial charge on any atom is -0.458 e. The standard InChI is InChI=1S/C16H21I2NO4/c1-15(2,3)23-13(20)16(18,9-10-17)19-14(21)22-11-12-7-5-4-6-8-12/h4-8H,9-11H2,1-3H3,(H,19,21)/t16-/m1/s1. The van der Waals surface area contributed by atoms with Crippen LogP contribution in [0.4, 0.5) is 4.79 Å². The Balaban J connectivity index is 2.66. The third-order valence-corrected chi connectivity index (χ3v) is 4.46. The Morgan fingerprint density at radius 2 is 1.78 bits per heavy atom. The number of amides is 1. The fourth-order valence-corrected chi connectivity index (χ4v) is 4.07. The first kappa shape index (κ1) is 20.5. The molecule has 1 aromatic carbocycles. The van der Waals surface area contributed by atoms with Crippen LogP contribution in [0.5, 0.6) is 0 Å². The highest BCUT2D eigenvalue weighted by Gasteiger charge is 2.40. The molecule has 0 spiro atoms. The van der Waals surface area contributed by atoms with Crippen LogP contribution in [-0.4, -0.2) is 25.6 Å². The summed E-state index contributed by atoms with van der Waals surface area (Å²) in [6.45, 7) is 5.52. The van der Waals surface area contributed by atoms with E-state index in [0.29, 0.717) is 10.8 Å². The summed E-state index contributed by atoms with van der Waals surface area (Å²) in [5.74, 6) is -0.473. The SMILES string of the molecule is CC(C)(C)OC(=O)[C@@](I)(CCI)NC(=O)OCc1ccccc1. The molecule has 0 aliphatic heterocycles. The largest absolute Gasteiger partial charge is 0.458 e. The molecule has 0 fully saturated rings. The normalized spacial score (nSPS) is 13.8. The van der Waals surface area contributed by atoms with E-state index in [0.717, 1.165) is 5.56 Å². The molecule has 128 valence electrons. The molecule has 0 saturated heterocycles. The monoisotopic (exact) mass is 545 g/mol. The van der Waals surface area contributed by atoms with Crippen molar-refractivity contribution in [2.24, 2.45) is 0 Å². The fraction of sp³-hybridized carbons (Fsp3) is 0.500. The Hall–Kier alpha value is -0.580. The van der Waals surface area contributed by atoms with E-state index < -0.39 is 21.2 Å². The summed E-state index contributed by atoms with van der Waals surface area (Å²) < 4.78 is 10.1. The van der Waals surface area contributed by atoms with Gasteiger partial charge in [-0.3, -0.25) is 5.32 Å². The summed E-state index contributed by atoms with van der Waals surface area (Å²) in [6.07, 6.45) is -0.192. The molecule has 0 aliphatic carbocycles. The van der Waals surface area contributed by atoms with Crippen LogP contribution in [0.1, 0.15) is 32.8 Å². The smallest absolute Gasteiger partial charge is 0.408 e. The van der Waals surface area contributed by atoms with Crippen molar-refractivity contribution < 1.29 is 19.1 Å². The average Bonchev–Trinajstić information content (AvgIpc) is 2.44. The van der Waals surface area contributed by atoms with Gasteiger partial charge in [0.2, 0.25) is 0 Å². The summed E-state index contributed by atoms with van der Waals surface area (Å²) in [5.41, 5.74) is 0.266. The maximum Gasteiger partial charge on any atom is 0.408 e. The molecule has 0 aliphatic rings. The Bertz CT molecular complexity index is 531. The van der Waals surface area contributed by atoms with E-state index in [2.05, 4.69) is 27.9 Å². The maximum absolute atomic E-state index is 12.4. The summed E-state index contributed by atoms with van der Waals surface area (Å²) in [5, 5.41) is 2.63. The molecule has 0 saturated carbocycles. The second kappa shape index (κ2) is 9.05. The second-order valence-corrected chi connectivity index (χ2v) is 8.85. The van der Waals surface area contributed by atoms with Crippen LogP contribution in [-0.2, 0) is 20.9 Å². The van der Waals surface area contributed by atoms with Gasteiger partial charge < -0.3 is 9.47 Å². The second-order valence-electron chi connectivity index (χ2n) is 5.93. The molecule has 0 aromatic heterocycles. The van der Waals surface area contributed by atoms with Crippen LogP contribution in [0.3, 0.4) is 0 Å². The molecule has 1 aromatic rings. The molecule has 0 radical (unpaired) electrons. The van der Waals surface area contributed by atoms with Crippen LogP contribution in [0.2, 0.25) is 0 Å². The number of carbonyl (C=O) groups is 2. The van der Waals surface area contributed by atoms with E-state index in [1.807, 2.05) is 52.9 Å². The minimum atomic E-state index is -1.14. The van der Waals surface area contributed by atoms with Crippen molar-refractivity contribution in [2.45, 2.75) is 42.9 Å². The number of alkyl halides is 2. The predicted octanol–water partition coefficient (Wildman–Crippen LogP) is 4.21. The molecular formula is C16H21I2NO4. The Kier molecular flexibility index (Phi) is 8.05. The molecule has 0 bridgehead atoms. The maximum atomic E-state index is 12.4. The first-order chi connectivity index (χ1) is 10.7. The lowest BCUT2D eigenvalue weighted by Crippen LogP contribution is -2.52. The average molecular weight is 545 g/mol.